The van der Waals surface area contributed by atoms with E-state index in [2.05, 4.69) is 4.74 Å². The number of esters is 1. The molecule has 0 aromatic heterocycles. The van der Waals surface area contributed by atoms with Gasteiger partial charge in [0.2, 0.25) is 0 Å². The summed E-state index contributed by atoms with van der Waals surface area (Å²) in [4.78, 5) is 9.92. The molecule has 3 nitrogen and oxygen atoms in total. The molecule has 0 rings (SSSR count). The first kappa shape index (κ1) is 11.0. The summed E-state index contributed by atoms with van der Waals surface area (Å²) in [5.41, 5.74) is 5.00. The maximum Gasteiger partial charge on any atom is 0.302 e. The molecule has 0 amide bonds. The van der Waals surface area contributed by atoms with Crippen LogP contribution in [0.15, 0.2) is 0 Å². The van der Waals surface area contributed by atoms with Crippen molar-refractivity contribution in [3.63, 3.8) is 0 Å². The summed E-state index contributed by atoms with van der Waals surface area (Å²) in [6.45, 7) is 2.09. The van der Waals surface area contributed by atoms with E-state index in [1.807, 2.05) is 0 Å². The number of hydrogen-bond acceptors (Lipinski definition) is 3. The van der Waals surface area contributed by atoms with Crippen LogP contribution in [0.3, 0.4) is 0 Å². The van der Waals surface area contributed by atoms with Crippen LogP contribution in [0.25, 0.3) is 0 Å². The summed E-state index contributed by atoms with van der Waals surface area (Å²) in [5.74, 6) is -0.273. The number of carbonyl (C=O) groups is 1. The van der Waals surface area contributed by atoms with Crippen molar-refractivity contribution >= 4 is 5.97 Å². The fourth-order valence-corrected chi connectivity index (χ4v) is 0.203. The van der Waals surface area contributed by atoms with Gasteiger partial charge in [0.1, 0.15) is 6.61 Å². The van der Waals surface area contributed by atoms with Crippen molar-refractivity contribution in [3.05, 3.63) is 0 Å². The summed E-state index contributed by atoms with van der Waals surface area (Å²) in [6, 6.07) is 0. The molecule has 0 aliphatic carbocycles. The summed E-state index contributed by atoms with van der Waals surface area (Å²) < 4.78 is 4.43. The third-order valence-electron chi connectivity index (χ3n) is 0.423. The first-order valence-corrected chi connectivity index (χ1v) is 2.11. The van der Waals surface area contributed by atoms with Crippen LogP contribution in [0.2, 0.25) is 0 Å². The zero-order valence-electron chi connectivity index (χ0n) is 4.81. The Labute approximate surface area is 63.5 Å². The Balaban J connectivity index is 0. The SMILES string of the molecule is CC(=O)OCCN.[Ti]. The second-order valence-electron chi connectivity index (χ2n) is 1.13. The molecule has 0 aromatic rings. The van der Waals surface area contributed by atoms with Crippen LogP contribution >= 0.6 is 0 Å². The average molecular weight is 151 g/mol. The smallest absolute Gasteiger partial charge is 0.302 e. The topological polar surface area (TPSA) is 52.3 Å². The van der Waals surface area contributed by atoms with Crippen molar-refractivity contribution in [1.29, 1.82) is 0 Å². The van der Waals surface area contributed by atoms with Crippen LogP contribution in [0.5, 0.6) is 0 Å². The molecule has 0 saturated carbocycles. The van der Waals surface area contributed by atoms with Gasteiger partial charge in [-0.15, -0.1) is 0 Å². The van der Waals surface area contributed by atoms with Gasteiger partial charge in [-0.25, -0.2) is 0 Å². The maximum atomic E-state index is 9.92. The summed E-state index contributed by atoms with van der Waals surface area (Å²) in [5, 5.41) is 0. The van der Waals surface area contributed by atoms with Gasteiger partial charge in [-0.05, 0) is 0 Å². The van der Waals surface area contributed by atoms with E-state index in [0.717, 1.165) is 0 Å². The number of ether oxygens (including phenoxy) is 1. The number of hydrogen-bond donors (Lipinski definition) is 1. The maximum absolute atomic E-state index is 9.92. The van der Waals surface area contributed by atoms with E-state index < -0.39 is 0 Å². The molecule has 46 valence electrons. The Morgan fingerprint density at radius 3 is 2.38 bits per heavy atom. The normalized spacial score (nSPS) is 7.25. The fraction of sp³-hybridized carbons (Fsp3) is 0.750. The predicted octanol–water partition coefficient (Wildman–Crippen LogP) is -0.494. The van der Waals surface area contributed by atoms with Gasteiger partial charge in [-0.2, -0.15) is 0 Å². The van der Waals surface area contributed by atoms with Crippen molar-refractivity contribution in [1.82, 2.24) is 0 Å². The van der Waals surface area contributed by atoms with Crippen LogP contribution in [0.1, 0.15) is 6.92 Å². The second kappa shape index (κ2) is 7.14. The first-order valence-electron chi connectivity index (χ1n) is 2.11. The molecule has 0 bridgehead atoms. The van der Waals surface area contributed by atoms with Gasteiger partial charge >= 0.3 is 5.97 Å². The molecule has 0 fully saturated rings. The van der Waals surface area contributed by atoms with E-state index in [4.69, 9.17) is 5.73 Å². The molecular weight excluding hydrogens is 142 g/mol. The Kier molecular flexibility index (Phi) is 9.83. The van der Waals surface area contributed by atoms with E-state index in [1.165, 1.54) is 6.92 Å². The third kappa shape index (κ3) is 9.47. The monoisotopic (exact) mass is 151 g/mol. The Hall–Kier alpha value is 0.144. The Morgan fingerprint density at radius 2 is 2.25 bits per heavy atom. The zero-order valence-corrected chi connectivity index (χ0v) is 6.37. The first-order chi connectivity index (χ1) is 3.27. The van der Waals surface area contributed by atoms with Gasteiger partial charge < -0.3 is 10.5 Å². The molecule has 2 N–H and O–H groups in total. The van der Waals surface area contributed by atoms with Crippen molar-refractivity contribution in [2.75, 3.05) is 13.2 Å². The summed E-state index contributed by atoms with van der Waals surface area (Å²) in [6.07, 6.45) is 0. The Bertz CT molecular complexity index is 67.1. The van der Waals surface area contributed by atoms with E-state index in [-0.39, 0.29) is 27.7 Å². The van der Waals surface area contributed by atoms with Gasteiger partial charge in [-0.3, -0.25) is 4.79 Å². The fourth-order valence-electron chi connectivity index (χ4n) is 0.203. The minimum atomic E-state index is -0.273. The van der Waals surface area contributed by atoms with E-state index in [1.54, 1.807) is 0 Å². The van der Waals surface area contributed by atoms with Crippen LogP contribution in [-0.2, 0) is 31.2 Å². The van der Waals surface area contributed by atoms with Gasteiger partial charge in [-0.1, -0.05) is 0 Å². The van der Waals surface area contributed by atoms with Crippen LogP contribution < -0.4 is 5.73 Å². The van der Waals surface area contributed by atoms with Crippen molar-refractivity contribution in [2.45, 2.75) is 6.92 Å². The molecule has 0 spiro atoms. The van der Waals surface area contributed by atoms with E-state index >= 15 is 0 Å². The molecule has 0 heterocycles. The minimum absolute atomic E-state index is 0. The van der Waals surface area contributed by atoms with Gasteiger partial charge in [0, 0.05) is 35.2 Å². The third-order valence-corrected chi connectivity index (χ3v) is 0.423. The molecule has 0 aliphatic heterocycles. The van der Waals surface area contributed by atoms with Crippen molar-refractivity contribution < 1.29 is 31.2 Å². The van der Waals surface area contributed by atoms with Crippen LogP contribution in [0, 0.1) is 0 Å². The number of nitrogens with two attached hydrogens (primary N) is 1. The molecule has 8 heavy (non-hydrogen) atoms. The summed E-state index contributed by atoms with van der Waals surface area (Å²) >= 11 is 0. The van der Waals surface area contributed by atoms with Crippen molar-refractivity contribution in [2.24, 2.45) is 5.73 Å². The largest absolute Gasteiger partial charge is 0.465 e. The summed E-state index contributed by atoms with van der Waals surface area (Å²) in [7, 11) is 0. The number of carbonyl (C=O) groups excluding carboxylic acids is 1. The molecule has 0 atom stereocenters. The zero-order chi connectivity index (χ0) is 5.70. The molecule has 0 aromatic carbocycles. The standard InChI is InChI=1S/C4H9NO2.Ti/c1-4(6)7-3-2-5;/h2-3,5H2,1H3;. The number of rotatable bonds is 2. The quantitative estimate of drug-likeness (QED) is 0.427. The minimum Gasteiger partial charge on any atom is -0.465 e. The van der Waals surface area contributed by atoms with Crippen LogP contribution in [-0.4, -0.2) is 19.1 Å². The van der Waals surface area contributed by atoms with Gasteiger partial charge in [0.15, 0.2) is 0 Å². The average Bonchev–Trinajstić information content (AvgIpc) is 1.61. The van der Waals surface area contributed by atoms with E-state index in [0.29, 0.717) is 13.2 Å². The molecule has 0 aliphatic rings. The molecular formula is C4H9NO2Ti. The molecule has 0 saturated heterocycles. The molecule has 0 unspecified atom stereocenters. The predicted molar refractivity (Wildman–Crippen MR) is 25.7 cm³/mol. The molecule has 4 heteroatoms. The van der Waals surface area contributed by atoms with E-state index in [9.17, 15) is 4.79 Å². The van der Waals surface area contributed by atoms with Crippen LogP contribution in [0.4, 0.5) is 0 Å². The van der Waals surface area contributed by atoms with Gasteiger partial charge in [0.05, 0.1) is 0 Å². The molecule has 0 radical (unpaired) electrons. The second-order valence-corrected chi connectivity index (χ2v) is 1.13. The van der Waals surface area contributed by atoms with Crippen molar-refractivity contribution in [3.8, 4) is 0 Å². The Morgan fingerprint density at radius 1 is 1.75 bits per heavy atom. The van der Waals surface area contributed by atoms with Gasteiger partial charge in [0.25, 0.3) is 0 Å².